The molecule has 82 valence electrons. The fraction of sp³-hybridized carbons (Fsp3) is 0.500. The first-order chi connectivity index (χ1) is 6.92. The maximum Gasteiger partial charge on any atom is 0.433 e. The highest BCUT2D eigenvalue weighted by molar-refractivity contribution is 5.25. The van der Waals surface area contributed by atoms with Crippen molar-refractivity contribution in [3.8, 4) is 0 Å². The first kappa shape index (κ1) is 10.4. The van der Waals surface area contributed by atoms with Crippen LogP contribution < -0.4 is 5.73 Å². The molecular formula is C10H11F3N2. The minimum absolute atomic E-state index is 0.447. The average Bonchev–Trinajstić information content (AvgIpc) is 2.13. The lowest BCUT2D eigenvalue weighted by atomic mass is 9.73. The Morgan fingerprint density at radius 1 is 1.27 bits per heavy atom. The molecule has 0 spiro atoms. The lowest BCUT2D eigenvalue weighted by molar-refractivity contribution is -0.141. The van der Waals surface area contributed by atoms with Crippen molar-refractivity contribution in [3.05, 3.63) is 29.6 Å². The van der Waals surface area contributed by atoms with Crippen LogP contribution in [0.3, 0.4) is 0 Å². The number of aromatic nitrogens is 1. The number of alkyl halides is 3. The van der Waals surface area contributed by atoms with Crippen molar-refractivity contribution in [2.24, 2.45) is 5.73 Å². The second-order valence-corrected chi connectivity index (χ2v) is 3.94. The van der Waals surface area contributed by atoms with Crippen LogP contribution in [0.2, 0.25) is 0 Å². The Bertz CT molecular complexity index is 352. The molecule has 1 heterocycles. The standard InChI is InChI=1S/C10H11F3N2/c11-10(12,13)8-3-2-7(6-15-8)9(14)4-1-5-9/h2-3,6H,1,4-5,14H2. The molecule has 0 aromatic carbocycles. The summed E-state index contributed by atoms with van der Waals surface area (Å²) >= 11 is 0. The van der Waals surface area contributed by atoms with Crippen LogP contribution in [0.25, 0.3) is 0 Å². The quantitative estimate of drug-likeness (QED) is 0.783. The SMILES string of the molecule is NC1(c2ccc(C(F)(F)F)nc2)CCC1. The van der Waals surface area contributed by atoms with E-state index in [1.807, 2.05) is 0 Å². The maximum atomic E-state index is 12.2. The van der Waals surface area contributed by atoms with Gasteiger partial charge in [-0.05, 0) is 30.9 Å². The molecule has 0 bridgehead atoms. The van der Waals surface area contributed by atoms with Gasteiger partial charge in [0, 0.05) is 11.7 Å². The molecule has 1 aromatic rings. The van der Waals surface area contributed by atoms with Crippen molar-refractivity contribution in [1.29, 1.82) is 0 Å². The van der Waals surface area contributed by atoms with Gasteiger partial charge in [0.05, 0.1) is 0 Å². The lowest BCUT2D eigenvalue weighted by Crippen LogP contribution is -2.43. The van der Waals surface area contributed by atoms with Crippen LogP contribution in [-0.4, -0.2) is 4.98 Å². The van der Waals surface area contributed by atoms with E-state index in [9.17, 15) is 13.2 Å². The molecule has 2 rings (SSSR count). The van der Waals surface area contributed by atoms with Gasteiger partial charge in [-0.15, -0.1) is 0 Å². The van der Waals surface area contributed by atoms with Crippen LogP contribution in [0.15, 0.2) is 18.3 Å². The first-order valence-electron chi connectivity index (χ1n) is 4.74. The Morgan fingerprint density at radius 2 is 1.93 bits per heavy atom. The molecule has 1 fully saturated rings. The zero-order chi connectivity index (χ0) is 11.1. The minimum Gasteiger partial charge on any atom is -0.321 e. The molecule has 0 unspecified atom stereocenters. The molecule has 2 N–H and O–H groups in total. The van der Waals surface area contributed by atoms with Gasteiger partial charge in [0.1, 0.15) is 5.69 Å². The summed E-state index contributed by atoms with van der Waals surface area (Å²) in [6.07, 6.45) is -0.473. The summed E-state index contributed by atoms with van der Waals surface area (Å²) in [6.45, 7) is 0. The summed E-state index contributed by atoms with van der Waals surface area (Å²) in [7, 11) is 0. The molecule has 1 aliphatic rings. The van der Waals surface area contributed by atoms with Crippen molar-refractivity contribution in [1.82, 2.24) is 4.98 Å². The van der Waals surface area contributed by atoms with Crippen LogP contribution in [0, 0.1) is 0 Å². The molecule has 15 heavy (non-hydrogen) atoms. The Hall–Kier alpha value is -1.10. The van der Waals surface area contributed by atoms with Crippen molar-refractivity contribution in [3.63, 3.8) is 0 Å². The topological polar surface area (TPSA) is 38.9 Å². The fourth-order valence-electron chi connectivity index (χ4n) is 1.70. The van der Waals surface area contributed by atoms with Gasteiger partial charge < -0.3 is 5.73 Å². The summed E-state index contributed by atoms with van der Waals surface area (Å²) < 4.78 is 36.7. The smallest absolute Gasteiger partial charge is 0.321 e. The van der Waals surface area contributed by atoms with Crippen molar-refractivity contribution in [2.75, 3.05) is 0 Å². The number of pyridine rings is 1. The van der Waals surface area contributed by atoms with E-state index in [4.69, 9.17) is 5.73 Å². The van der Waals surface area contributed by atoms with Crippen LogP contribution in [0.1, 0.15) is 30.5 Å². The molecule has 1 aromatic heterocycles. The van der Waals surface area contributed by atoms with E-state index >= 15 is 0 Å². The molecule has 0 radical (unpaired) electrons. The second-order valence-electron chi connectivity index (χ2n) is 3.94. The number of nitrogens with two attached hydrogens (primary N) is 1. The number of hydrogen-bond acceptors (Lipinski definition) is 2. The largest absolute Gasteiger partial charge is 0.433 e. The molecule has 1 saturated carbocycles. The Morgan fingerprint density at radius 3 is 2.27 bits per heavy atom. The maximum absolute atomic E-state index is 12.2. The highest BCUT2D eigenvalue weighted by Crippen LogP contribution is 2.38. The van der Waals surface area contributed by atoms with Crippen LogP contribution in [-0.2, 0) is 11.7 Å². The van der Waals surface area contributed by atoms with Gasteiger partial charge >= 0.3 is 6.18 Å². The summed E-state index contributed by atoms with van der Waals surface area (Å²) in [5.41, 5.74) is 5.34. The third-order valence-electron chi connectivity index (χ3n) is 2.87. The molecule has 0 atom stereocenters. The highest BCUT2D eigenvalue weighted by atomic mass is 19.4. The van der Waals surface area contributed by atoms with E-state index in [-0.39, 0.29) is 0 Å². The second kappa shape index (κ2) is 3.20. The number of halogens is 3. The molecule has 5 heteroatoms. The molecule has 1 aliphatic carbocycles. The van der Waals surface area contributed by atoms with Crippen molar-refractivity contribution in [2.45, 2.75) is 31.0 Å². The number of hydrogen-bond donors (Lipinski definition) is 1. The van der Waals surface area contributed by atoms with E-state index in [1.54, 1.807) is 0 Å². The molecular weight excluding hydrogens is 205 g/mol. The van der Waals surface area contributed by atoms with Gasteiger partial charge in [0.15, 0.2) is 0 Å². The van der Waals surface area contributed by atoms with Gasteiger partial charge in [0.25, 0.3) is 0 Å². The molecule has 2 nitrogen and oxygen atoms in total. The lowest BCUT2D eigenvalue weighted by Gasteiger charge is -2.38. The van der Waals surface area contributed by atoms with E-state index in [0.29, 0.717) is 5.56 Å². The van der Waals surface area contributed by atoms with Gasteiger partial charge in [-0.1, -0.05) is 6.07 Å². The molecule has 0 amide bonds. The Labute approximate surface area is 85.3 Å². The van der Waals surface area contributed by atoms with Gasteiger partial charge in [-0.25, -0.2) is 0 Å². The minimum atomic E-state index is -4.38. The number of nitrogens with zero attached hydrogens (tertiary/aromatic N) is 1. The van der Waals surface area contributed by atoms with E-state index in [1.165, 1.54) is 12.3 Å². The summed E-state index contributed by atoms with van der Waals surface area (Å²) in [5.74, 6) is 0. The predicted octanol–water partition coefficient (Wildman–Crippen LogP) is 2.44. The summed E-state index contributed by atoms with van der Waals surface area (Å²) in [6, 6.07) is 2.41. The third kappa shape index (κ3) is 1.84. The van der Waals surface area contributed by atoms with Crippen molar-refractivity contribution < 1.29 is 13.2 Å². The Kier molecular flexibility index (Phi) is 2.22. The molecule has 0 saturated heterocycles. The van der Waals surface area contributed by atoms with Crippen LogP contribution in [0.4, 0.5) is 13.2 Å². The summed E-state index contributed by atoms with van der Waals surface area (Å²) in [5, 5.41) is 0. The monoisotopic (exact) mass is 216 g/mol. The third-order valence-corrected chi connectivity index (χ3v) is 2.87. The van der Waals surface area contributed by atoms with Gasteiger partial charge in [-0.2, -0.15) is 13.2 Å². The van der Waals surface area contributed by atoms with Crippen molar-refractivity contribution >= 4 is 0 Å². The Balaban J connectivity index is 2.24. The van der Waals surface area contributed by atoms with Gasteiger partial charge in [0.2, 0.25) is 0 Å². The first-order valence-corrected chi connectivity index (χ1v) is 4.74. The molecule has 0 aliphatic heterocycles. The average molecular weight is 216 g/mol. The van der Waals surface area contributed by atoms with E-state index in [2.05, 4.69) is 4.98 Å². The van der Waals surface area contributed by atoms with Gasteiger partial charge in [-0.3, -0.25) is 4.98 Å². The zero-order valence-corrected chi connectivity index (χ0v) is 8.01. The van der Waals surface area contributed by atoms with E-state index < -0.39 is 17.4 Å². The normalized spacial score (nSPS) is 19.7. The van der Waals surface area contributed by atoms with E-state index in [0.717, 1.165) is 25.3 Å². The highest BCUT2D eigenvalue weighted by Gasteiger charge is 2.36. The fourth-order valence-corrected chi connectivity index (χ4v) is 1.70. The van der Waals surface area contributed by atoms with Crippen LogP contribution >= 0.6 is 0 Å². The zero-order valence-electron chi connectivity index (χ0n) is 8.01. The van der Waals surface area contributed by atoms with Crippen LogP contribution in [0.5, 0.6) is 0 Å². The predicted molar refractivity (Wildman–Crippen MR) is 49.0 cm³/mol. The number of rotatable bonds is 1. The summed E-state index contributed by atoms with van der Waals surface area (Å²) in [4.78, 5) is 3.39.